The average Bonchev–Trinajstić information content (AvgIpc) is 2.76. The van der Waals surface area contributed by atoms with Gasteiger partial charge in [-0.2, -0.15) is 5.26 Å². The highest BCUT2D eigenvalue weighted by Crippen LogP contribution is 2.22. The third kappa shape index (κ3) is 2.38. The van der Waals surface area contributed by atoms with E-state index in [0.29, 0.717) is 16.7 Å². The first kappa shape index (κ1) is 10.6. The first-order valence-electron chi connectivity index (χ1n) is 4.39. The Balaban J connectivity index is 2.18. The van der Waals surface area contributed by atoms with E-state index >= 15 is 0 Å². The lowest BCUT2D eigenvalue weighted by Crippen LogP contribution is -1.78. The second-order valence-corrected chi connectivity index (χ2v) is 3.75. The van der Waals surface area contributed by atoms with Gasteiger partial charge in [-0.1, -0.05) is 11.8 Å². The molecule has 80 valence electrons. The van der Waals surface area contributed by atoms with Gasteiger partial charge in [-0.25, -0.2) is 4.39 Å². The molecule has 1 aromatic heterocycles. The van der Waals surface area contributed by atoms with Gasteiger partial charge in [0.1, 0.15) is 5.82 Å². The molecule has 16 heavy (non-hydrogen) atoms. The second-order valence-electron chi connectivity index (χ2n) is 2.83. The lowest BCUT2D eigenvalue weighted by Gasteiger charge is -1.93. The lowest BCUT2D eigenvalue weighted by atomic mass is 10.2. The zero-order valence-corrected chi connectivity index (χ0v) is 8.87. The number of hydrogen-bond acceptors (Lipinski definition) is 5. The van der Waals surface area contributed by atoms with E-state index in [4.69, 9.17) is 9.68 Å². The molecule has 4 nitrogen and oxygen atoms in total. The Labute approximate surface area is 95.1 Å². The first-order valence-corrected chi connectivity index (χ1v) is 5.37. The van der Waals surface area contributed by atoms with Gasteiger partial charge in [-0.15, -0.1) is 10.2 Å². The van der Waals surface area contributed by atoms with Crippen LogP contribution in [0.15, 0.2) is 33.9 Å². The summed E-state index contributed by atoms with van der Waals surface area (Å²) in [6, 6.07) is 7.71. The summed E-state index contributed by atoms with van der Waals surface area (Å²) < 4.78 is 17.9. The Bertz CT molecular complexity index is 518. The summed E-state index contributed by atoms with van der Waals surface area (Å²) in [7, 11) is 0. The molecule has 0 atom stereocenters. The number of halogens is 1. The molecule has 0 aliphatic rings. The van der Waals surface area contributed by atoms with Crippen molar-refractivity contribution in [3.63, 3.8) is 0 Å². The van der Waals surface area contributed by atoms with E-state index in [1.165, 1.54) is 12.1 Å². The molecule has 2 rings (SSSR count). The zero-order valence-electron chi connectivity index (χ0n) is 8.05. The van der Waals surface area contributed by atoms with E-state index in [2.05, 4.69) is 10.2 Å². The summed E-state index contributed by atoms with van der Waals surface area (Å²) in [5.41, 5.74) is 0.651. The fourth-order valence-corrected chi connectivity index (χ4v) is 1.50. The SMILES string of the molecule is N#CCSc1nnc(-c2ccc(F)cc2)o1. The Morgan fingerprint density at radius 1 is 1.31 bits per heavy atom. The Morgan fingerprint density at radius 2 is 2.06 bits per heavy atom. The normalized spacial score (nSPS) is 10.0. The van der Waals surface area contributed by atoms with Crippen molar-refractivity contribution in [3.8, 4) is 17.5 Å². The monoisotopic (exact) mass is 235 g/mol. The predicted molar refractivity (Wildman–Crippen MR) is 56.0 cm³/mol. The molecule has 0 N–H and O–H groups in total. The average molecular weight is 235 g/mol. The summed E-state index contributed by atoms with van der Waals surface area (Å²) in [4.78, 5) is 0. The fourth-order valence-electron chi connectivity index (χ4n) is 1.07. The van der Waals surface area contributed by atoms with Gasteiger partial charge in [-0.05, 0) is 24.3 Å². The summed E-state index contributed by atoms with van der Waals surface area (Å²) in [5, 5.41) is 16.3. The highest BCUT2D eigenvalue weighted by molar-refractivity contribution is 7.99. The van der Waals surface area contributed by atoms with Gasteiger partial charge in [0.15, 0.2) is 0 Å². The smallest absolute Gasteiger partial charge is 0.277 e. The molecule has 0 radical (unpaired) electrons. The molecular formula is C10H6FN3OS. The summed E-state index contributed by atoms with van der Waals surface area (Å²) >= 11 is 1.16. The summed E-state index contributed by atoms with van der Waals surface area (Å²) in [6.07, 6.45) is 0. The number of nitriles is 1. The highest BCUT2D eigenvalue weighted by Gasteiger charge is 2.08. The van der Waals surface area contributed by atoms with E-state index in [1.807, 2.05) is 6.07 Å². The largest absolute Gasteiger partial charge is 0.411 e. The summed E-state index contributed by atoms with van der Waals surface area (Å²) in [5.74, 6) is 0.258. The second kappa shape index (κ2) is 4.77. The molecule has 1 heterocycles. The van der Waals surface area contributed by atoms with Crippen LogP contribution in [0.3, 0.4) is 0 Å². The third-order valence-electron chi connectivity index (χ3n) is 1.76. The Hall–Kier alpha value is -1.87. The topological polar surface area (TPSA) is 62.7 Å². The molecule has 1 aromatic carbocycles. The maximum atomic E-state index is 12.7. The first-order chi connectivity index (χ1) is 7.79. The van der Waals surface area contributed by atoms with Crippen LogP contribution in [0.2, 0.25) is 0 Å². The van der Waals surface area contributed by atoms with Crippen molar-refractivity contribution in [2.45, 2.75) is 5.22 Å². The van der Waals surface area contributed by atoms with Gasteiger partial charge in [-0.3, -0.25) is 0 Å². The van der Waals surface area contributed by atoms with Crippen LogP contribution < -0.4 is 0 Å². The molecule has 2 aromatic rings. The molecular weight excluding hydrogens is 229 g/mol. The van der Waals surface area contributed by atoms with Crippen molar-refractivity contribution in [1.29, 1.82) is 5.26 Å². The Morgan fingerprint density at radius 3 is 2.75 bits per heavy atom. The number of aromatic nitrogens is 2. The van der Waals surface area contributed by atoms with Crippen LogP contribution in [0, 0.1) is 17.1 Å². The van der Waals surface area contributed by atoms with Gasteiger partial charge in [0.25, 0.3) is 5.22 Å². The quantitative estimate of drug-likeness (QED) is 0.765. The molecule has 0 aliphatic carbocycles. The number of rotatable bonds is 3. The molecule has 6 heteroatoms. The molecule has 0 saturated carbocycles. The minimum Gasteiger partial charge on any atom is -0.411 e. The molecule has 0 saturated heterocycles. The van der Waals surface area contributed by atoms with Gasteiger partial charge in [0, 0.05) is 5.56 Å². The van der Waals surface area contributed by atoms with Gasteiger partial charge < -0.3 is 4.42 Å². The molecule has 0 amide bonds. The van der Waals surface area contributed by atoms with Crippen LogP contribution in [0.5, 0.6) is 0 Å². The van der Waals surface area contributed by atoms with Crippen molar-refractivity contribution >= 4 is 11.8 Å². The molecule has 0 unspecified atom stereocenters. The van der Waals surface area contributed by atoms with Crippen LogP contribution in [0.25, 0.3) is 11.5 Å². The van der Waals surface area contributed by atoms with Crippen LogP contribution in [-0.4, -0.2) is 16.0 Å². The van der Waals surface area contributed by atoms with Crippen LogP contribution >= 0.6 is 11.8 Å². The molecule has 0 spiro atoms. The van der Waals surface area contributed by atoms with Crippen molar-refractivity contribution in [2.75, 3.05) is 5.75 Å². The molecule has 0 bridgehead atoms. The molecule has 0 aliphatic heterocycles. The van der Waals surface area contributed by atoms with E-state index in [0.717, 1.165) is 11.8 Å². The minimum atomic E-state index is -0.317. The van der Waals surface area contributed by atoms with Crippen molar-refractivity contribution in [1.82, 2.24) is 10.2 Å². The van der Waals surface area contributed by atoms with Crippen LogP contribution in [0.4, 0.5) is 4.39 Å². The maximum absolute atomic E-state index is 12.7. The minimum absolute atomic E-state index is 0.255. The number of nitrogens with zero attached hydrogens (tertiary/aromatic N) is 3. The highest BCUT2D eigenvalue weighted by atomic mass is 32.2. The molecule has 0 fully saturated rings. The number of benzene rings is 1. The van der Waals surface area contributed by atoms with Crippen molar-refractivity contribution in [2.24, 2.45) is 0 Å². The standard InChI is InChI=1S/C10H6FN3OS/c11-8-3-1-7(2-4-8)9-13-14-10(15-9)16-6-5-12/h1-4H,6H2. The fraction of sp³-hybridized carbons (Fsp3) is 0.100. The number of hydrogen-bond donors (Lipinski definition) is 0. The van der Waals surface area contributed by atoms with Crippen LogP contribution in [0.1, 0.15) is 0 Å². The van der Waals surface area contributed by atoms with E-state index < -0.39 is 0 Å². The van der Waals surface area contributed by atoms with E-state index in [-0.39, 0.29) is 11.6 Å². The zero-order chi connectivity index (χ0) is 11.4. The van der Waals surface area contributed by atoms with Crippen LogP contribution in [-0.2, 0) is 0 Å². The maximum Gasteiger partial charge on any atom is 0.277 e. The van der Waals surface area contributed by atoms with Crippen molar-refractivity contribution < 1.29 is 8.81 Å². The van der Waals surface area contributed by atoms with Gasteiger partial charge in [0.05, 0.1) is 11.8 Å². The third-order valence-corrected chi connectivity index (χ3v) is 2.44. The number of thioether (sulfide) groups is 1. The Kier molecular flexibility index (Phi) is 3.17. The predicted octanol–water partition coefficient (Wildman–Crippen LogP) is 2.49. The van der Waals surface area contributed by atoms with Gasteiger partial charge >= 0.3 is 0 Å². The summed E-state index contributed by atoms with van der Waals surface area (Å²) in [6.45, 7) is 0. The lowest BCUT2D eigenvalue weighted by molar-refractivity contribution is 0.466. The van der Waals surface area contributed by atoms with Gasteiger partial charge in [0.2, 0.25) is 5.89 Å². The van der Waals surface area contributed by atoms with E-state index in [1.54, 1.807) is 12.1 Å². The van der Waals surface area contributed by atoms with E-state index in [9.17, 15) is 4.39 Å². The van der Waals surface area contributed by atoms with Crippen molar-refractivity contribution in [3.05, 3.63) is 30.1 Å².